The summed E-state index contributed by atoms with van der Waals surface area (Å²) in [6.45, 7) is 13.7. The zero-order chi connectivity index (χ0) is 43.4. The van der Waals surface area contributed by atoms with Crippen LogP contribution in [0.4, 0.5) is 0 Å². The monoisotopic (exact) mass is 835 g/mol. The highest BCUT2D eigenvalue weighted by molar-refractivity contribution is 5.71. The summed E-state index contributed by atoms with van der Waals surface area (Å²) < 4.78 is 16.8. The normalized spacial score (nSPS) is 12.2. The summed E-state index contributed by atoms with van der Waals surface area (Å²) in [7, 11) is 0. The molecule has 0 saturated carbocycles. The summed E-state index contributed by atoms with van der Waals surface area (Å²) in [6, 6.07) is 0. The first-order chi connectivity index (χ1) is 28.6. The minimum Gasteiger partial charge on any atom is -0.462 e. The molecular weight excluding hydrogens is 733 g/mol. The molecule has 0 fully saturated rings. The van der Waals surface area contributed by atoms with Crippen molar-refractivity contribution < 1.29 is 28.6 Å². The Morgan fingerprint density at radius 1 is 0.288 bits per heavy atom. The molecule has 0 aliphatic carbocycles. The molecule has 59 heavy (non-hydrogen) atoms. The Hall–Kier alpha value is -1.59. The summed E-state index contributed by atoms with van der Waals surface area (Å²) >= 11 is 0. The highest BCUT2D eigenvalue weighted by Crippen LogP contribution is 2.18. The molecule has 350 valence electrons. The third kappa shape index (κ3) is 47.3. The SMILES string of the molecule is CC(C)CCCCCCCCCCCCCCC(=O)OC[C@H](COC(=O)CCCCCCCCCCCCC(C)C)OC(=O)CCCCCCCCCCCCC(C)C. The van der Waals surface area contributed by atoms with Gasteiger partial charge in [-0.3, -0.25) is 14.4 Å². The molecule has 0 bridgehead atoms. The van der Waals surface area contributed by atoms with Crippen LogP contribution in [0.3, 0.4) is 0 Å². The fourth-order valence-corrected chi connectivity index (χ4v) is 7.94. The minimum atomic E-state index is -0.763. The number of carbonyl (C=O) groups excluding carboxylic acids is 3. The Balaban J connectivity index is 4.32. The Bertz CT molecular complexity index is 914. The van der Waals surface area contributed by atoms with E-state index in [1.165, 1.54) is 167 Å². The predicted molar refractivity (Wildman–Crippen MR) is 252 cm³/mol. The van der Waals surface area contributed by atoms with Crippen LogP contribution in [0.25, 0.3) is 0 Å². The minimum absolute atomic E-state index is 0.0647. The Morgan fingerprint density at radius 3 is 0.729 bits per heavy atom. The van der Waals surface area contributed by atoms with Crippen molar-refractivity contribution in [3.8, 4) is 0 Å². The van der Waals surface area contributed by atoms with E-state index in [2.05, 4.69) is 41.5 Å². The number of rotatable bonds is 46. The van der Waals surface area contributed by atoms with Gasteiger partial charge >= 0.3 is 17.9 Å². The van der Waals surface area contributed by atoms with Gasteiger partial charge in [0.2, 0.25) is 0 Å². The van der Waals surface area contributed by atoms with E-state index in [0.29, 0.717) is 19.3 Å². The summed E-state index contributed by atoms with van der Waals surface area (Å²) in [4.78, 5) is 38.0. The van der Waals surface area contributed by atoms with E-state index in [9.17, 15) is 14.4 Å². The van der Waals surface area contributed by atoms with Crippen LogP contribution in [0.15, 0.2) is 0 Å². The Kier molecular flexibility index (Phi) is 43.3. The van der Waals surface area contributed by atoms with Crippen molar-refractivity contribution in [3.63, 3.8) is 0 Å². The van der Waals surface area contributed by atoms with E-state index in [1.54, 1.807) is 0 Å². The van der Waals surface area contributed by atoms with Gasteiger partial charge in [0, 0.05) is 19.3 Å². The molecule has 0 spiro atoms. The van der Waals surface area contributed by atoms with Crippen LogP contribution in [0, 0.1) is 17.8 Å². The Labute approximate surface area is 368 Å². The van der Waals surface area contributed by atoms with Crippen molar-refractivity contribution >= 4 is 17.9 Å². The van der Waals surface area contributed by atoms with Crippen molar-refractivity contribution in [2.75, 3.05) is 13.2 Å². The van der Waals surface area contributed by atoms with Gasteiger partial charge in [0.15, 0.2) is 6.10 Å². The van der Waals surface area contributed by atoms with Gasteiger partial charge in [-0.15, -0.1) is 0 Å². The summed E-state index contributed by atoms with van der Waals surface area (Å²) in [5.74, 6) is 1.62. The maximum atomic E-state index is 12.8. The van der Waals surface area contributed by atoms with Crippen LogP contribution < -0.4 is 0 Å². The van der Waals surface area contributed by atoms with Crippen molar-refractivity contribution in [3.05, 3.63) is 0 Å². The van der Waals surface area contributed by atoms with Gasteiger partial charge in [0.25, 0.3) is 0 Å². The van der Waals surface area contributed by atoms with Crippen LogP contribution in [0.1, 0.15) is 286 Å². The molecule has 0 aliphatic rings. The fourth-order valence-electron chi connectivity index (χ4n) is 7.94. The maximum Gasteiger partial charge on any atom is 0.306 e. The van der Waals surface area contributed by atoms with Crippen molar-refractivity contribution in [2.24, 2.45) is 17.8 Å². The topological polar surface area (TPSA) is 78.9 Å². The quantitative estimate of drug-likeness (QED) is 0.0345. The van der Waals surface area contributed by atoms with E-state index < -0.39 is 6.10 Å². The first-order valence-corrected chi connectivity index (χ1v) is 26.1. The Morgan fingerprint density at radius 2 is 0.492 bits per heavy atom. The lowest BCUT2D eigenvalue weighted by molar-refractivity contribution is -0.167. The van der Waals surface area contributed by atoms with Crippen LogP contribution in [0.2, 0.25) is 0 Å². The molecule has 0 unspecified atom stereocenters. The van der Waals surface area contributed by atoms with Crippen LogP contribution in [0.5, 0.6) is 0 Å². The highest BCUT2D eigenvalue weighted by Gasteiger charge is 2.19. The smallest absolute Gasteiger partial charge is 0.306 e. The maximum absolute atomic E-state index is 12.8. The van der Waals surface area contributed by atoms with Gasteiger partial charge in [-0.2, -0.15) is 0 Å². The molecule has 0 aliphatic heterocycles. The van der Waals surface area contributed by atoms with Gasteiger partial charge in [-0.05, 0) is 37.0 Å². The van der Waals surface area contributed by atoms with Gasteiger partial charge < -0.3 is 14.2 Å². The second-order valence-electron chi connectivity index (χ2n) is 19.6. The van der Waals surface area contributed by atoms with Crippen molar-refractivity contribution in [1.82, 2.24) is 0 Å². The standard InChI is InChI=1S/C53H102O6/c1-47(2)39-33-27-21-15-9-7-8-10-18-24-30-36-42-51(54)57-45-50(59-53(56)44-38-32-26-20-14-12-17-23-29-35-41-49(5)6)46-58-52(55)43-37-31-25-19-13-11-16-22-28-34-40-48(3)4/h47-50H,7-46H2,1-6H3/t50-/m1/s1. The van der Waals surface area contributed by atoms with Crippen molar-refractivity contribution in [2.45, 2.75) is 292 Å². The van der Waals surface area contributed by atoms with Crippen LogP contribution in [-0.2, 0) is 28.6 Å². The van der Waals surface area contributed by atoms with Gasteiger partial charge in [0.05, 0.1) is 0 Å². The van der Waals surface area contributed by atoms with E-state index in [1.807, 2.05) is 0 Å². The highest BCUT2D eigenvalue weighted by atomic mass is 16.6. The number of hydrogen-bond acceptors (Lipinski definition) is 6. The first kappa shape index (κ1) is 57.4. The molecule has 0 aromatic heterocycles. The number of carbonyl (C=O) groups is 3. The van der Waals surface area contributed by atoms with E-state index >= 15 is 0 Å². The molecule has 0 heterocycles. The molecule has 6 nitrogen and oxygen atoms in total. The van der Waals surface area contributed by atoms with E-state index in [0.717, 1.165) is 75.5 Å². The van der Waals surface area contributed by atoms with Gasteiger partial charge in [-0.1, -0.05) is 247 Å². The molecule has 0 aromatic carbocycles. The van der Waals surface area contributed by atoms with Crippen molar-refractivity contribution in [1.29, 1.82) is 0 Å². The number of ether oxygens (including phenoxy) is 3. The number of unbranched alkanes of at least 4 members (excludes halogenated alkanes) is 29. The molecule has 0 aromatic rings. The van der Waals surface area contributed by atoms with Crippen LogP contribution >= 0.6 is 0 Å². The predicted octanol–water partition coefficient (Wildman–Crippen LogP) is 16.8. The lowest BCUT2D eigenvalue weighted by atomic mass is 10.0. The lowest BCUT2D eigenvalue weighted by Crippen LogP contribution is -2.30. The zero-order valence-electron chi connectivity index (χ0n) is 40.5. The second kappa shape index (κ2) is 44.5. The van der Waals surface area contributed by atoms with Gasteiger partial charge in [-0.25, -0.2) is 0 Å². The molecule has 0 N–H and O–H groups in total. The first-order valence-electron chi connectivity index (χ1n) is 26.1. The number of esters is 3. The average molecular weight is 835 g/mol. The summed E-state index contributed by atoms with van der Waals surface area (Å²) in [5, 5.41) is 0. The molecule has 0 rings (SSSR count). The molecule has 0 radical (unpaired) electrons. The fraction of sp³-hybridized carbons (Fsp3) is 0.943. The third-order valence-electron chi connectivity index (χ3n) is 11.9. The molecule has 0 saturated heterocycles. The molecule has 1 atom stereocenters. The molecular formula is C53H102O6. The van der Waals surface area contributed by atoms with E-state index in [-0.39, 0.29) is 31.1 Å². The molecule has 0 amide bonds. The zero-order valence-corrected chi connectivity index (χ0v) is 40.5. The van der Waals surface area contributed by atoms with Crippen LogP contribution in [-0.4, -0.2) is 37.2 Å². The van der Waals surface area contributed by atoms with Gasteiger partial charge in [0.1, 0.15) is 13.2 Å². The average Bonchev–Trinajstić information content (AvgIpc) is 3.19. The summed E-state index contributed by atoms with van der Waals surface area (Å²) in [6.07, 6.45) is 43.7. The lowest BCUT2D eigenvalue weighted by Gasteiger charge is -2.18. The second-order valence-corrected chi connectivity index (χ2v) is 19.6. The summed E-state index contributed by atoms with van der Waals surface area (Å²) in [5.41, 5.74) is 0. The van der Waals surface area contributed by atoms with E-state index in [4.69, 9.17) is 14.2 Å². The largest absolute Gasteiger partial charge is 0.462 e. The number of hydrogen-bond donors (Lipinski definition) is 0. The molecule has 6 heteroatoms. The third-order valence-corrected chi connectivity index (χ3v) is 11.9.